The molecule has 0 heterocycles. The summed E-state index contributed by atoms with van der Waals surface area (Å²) in [5, 5.41) is 0. The van der Waals surface area contributed by atoms with Gasteiger partial charge in [-0.15, -0.1) is 0 Å². The second-order valence-corrected chi connectivity index (χ2v) is 7.48. The minimum atomic E-state index is 0.735. The second kappa shape index (κ2) is 10.2. The van der Waals surface area contributed by atoms with Crippen LogP contribution in [0.4, 0.5) is 0 Å². The fourth-order valence-corrected chi connectivity index (χ4v) is 3.67. The first-order valence-electron chi connectivity index (χ1n) is 9.43. The van der Waals surface area contributed by atoms with Crippen molar-refractivity contribution < 1.29 is 0 Å². The molecule has 0 radical (unpaired) electrons. The summed E-state index contributed by atoms with van der Waals surface area (Å²) in [5.41, 5.74) is 3.26. The Morgan fingerprint density at radius 2 is 1.76 bits per heavy atom. The van der Waals surface area contributed by atoms with E-state index in [1.165, 1.54) is 57.8 Å². The van der Waals surface area contributed by atoms with Gasteiger partial charge in [0.1, 0.15) is 0 Å². The van der Waals surface area contributed by atoms with Crippen LogP contribution in [0.2, 0.25) is 0 Å². The van der Waals surface area contributed by atoms with Gasteiger partial charge in [0.05, 0.1) is 0 Å². The fraction of sp³-hybridized carbons (Fsp3) is 0.810. The van der Waals surface area contributed by atoms with Crippen LogP contribution in [0.5, 0.6) is 0 Å². The first-order chi connectivity index (χ1) is 10.1. The molecule has 1 aliphatic rings. The average molecular weight is 291 g/mol. The van der Waals surface area contributed by atoms with E-state index in [4.69, 9.17) is 0 Å². The molecule has 1 aliphatic carbocycles. The summed E-state index contributed by atoms with van der Waals surface area (Å²) in [6.07, 6.45) is 17.3. The highest BCUT2D eigenvalue weighted by Gasteiger charge is 2.18. The average Bonchev–Trinajstić information content (AvgIpc) is 2.45. The molecule has 0 N–H and O–H groups in total. The number of unbranched alkanes of at least 4 members (excludes halogenated alkanes) is 5. The van der Waals surface area contributed by atoms with Crippen LogP contribution < -0.4 is 0 Å². The molecule has 0 bridgehead atoms. The van der Waals surface area contributed by atoms with Crippen molar-refractivity contribution in [1.82, 2.24) is 0 Å². The van der Waals surface area contributed by atoms with E-state index in [1.807, 2.05) is 0 Å². The van der Waals surface area contributed by atoms with Crippen LogP contribution in [0.15, 0.2) is 23.3 Å². The van der Waals surface area contributed by atoms with Gasteiger partial charge in [-0.3, -0.25) is 0 Å². The lowest BCUT2D eigenvalue weighted by atomic mass is 9.80. The topological polar surface area (TPSA) is 0 Å². The molecule has 1 rings (SSSR count). The first-order valence-corrected chi connectivity index (χ1v) is 9.43. The van der Waals surface area contributed by atoms with Gasteiger partial charge >= 0.3 is 0 Å². The number of hydrogen-bond donors (Lipinski definition) is 0. The van der Waals surface area contributed by atoms with Crippen molar-refractivity contribution in [3.63, 3.8) is 0 Å². The third-order valence-corrected chi connectivity index (χ3v) is 5.32. The van der Waals surface area contributed by atoms with E-state index in [0.717, 1.165) is 17.8 Å². The standard InChI is InChI=1S/C21H38/c1-6-7-8-9-10-11-13-17(2)16-19(4)21-15-12-14-18(3)20(21)5/h12,15,17-19H,6-11,13-14,16H2,1-5H3. The van der Waals surface area contributed by atoms with Gasteiger partial charge in [0.25, 0.3) is 0 Å². The SMILES string of the molecule is CCCCCCCCC(C)CC(C)C1=C(C)C(C)CC=C1. The van der Waals surface area contributed by atoms with Gasteiger partial charge < -0.3 is 0 Å². The van der Waals surface area contributed by atoms with Gasteiger partial charge in [-0.25, -0.2) is 0 Å². The van der Waals surface area contributed by atoms with Gasteiger partial charge in [-0.1, -0.05) is 90.4 Å². The molecule has 0 heteroatoms. The Kier molecular flexibility index (Phi) is 9.04. The molecule has 0 aromatic heterocycles. The van der Waals surface area contributed by atoms with E-state index < -0.39 is 0 Å². The molecule has 0 aliphatic heterocycles. The molecule has 3 atom stereocenters. The summed E-state index contributed by atoms with van der Waals surface area (Å²) >= 11 is 0. The summed E-state index contributed by atoms with van der Waals surface area (Å²) in [4.78, 5) is 0. The molecule has 0 fully saturated rings. The fourth-order valence-electron chi connectivity index (χ4n) is 3.67. The number of rotatable bonds is 10. The summed E-state index contributed by atoms with van der Waals surface area (Å²) < 4.78 is 0. The largest absolute Gasteiger partial charge is 0.0837 e. The van der Waals surface area contributed by atoms with E-state index in [1.54, 1.807) is 11.1 Å². The summed E-state index contributed by atoms with van der Waals surface area (Å²) in [7, 11) is 0. The lowest BCUT2D eigenvalue weighted by Gasteiger charge is -2.25. The van der Waals surface area contributed by atoms with Crippen LogP contribution in [-0.4, -0.2) is 0 Å². The Morgan fingerprint density at radius 3 is 2.48 bits per heavy atom. The van der Waals surface area contributed by atoms with Crippen molar-refractivity contribution in [2.75, 3.05) is 0 Å². The molecule has 0 spiro atoms. The molecule has 0 nitrogen and oxygen atoms in total. The van der Waals surface area contributed by atoms with E-state index in [0.29, 0.717) is 0 Å². The molecule has 0 saturated heterocycles. The van der Waals surface area contributed by atoms with E-state index in [-0.39, 0.29) is 0 Å². The van der Waals surface area contributed by atoms with Crippen molar-refractivity contribution in [2.45, 2.75) is 92.4 Å². The highest BCUT2D eigenvalue weighted by molar-refractivity contribution is 5.31. The van der Waals surface area contributed by atoms with E-state index in [2.05, 4.69) is 46.8 Å². The smallest absolute Gasteiger partial charge is 0.0188 e. The minimum absolute atomic E-state index is 0.735. The summed E-state index contributed by atoms with van der Waals surface area (Å²) in [5.74, 6) is 2.36. The normalized spacial score (nSPS) is 21.7. The molecule has 21 heavy (non-hydrogen) atoms. The third kappa shape index (κ3) is 6.85. The molecule has 0 aromatic carbocycles. The second-order valence-electron chi connectivity index (χ2n) is 7.48. The third-order valence-electron chi connectivity index (χ3n) is 5.32. The van der Waals surface area contributed by atoms with Crippen LogP contribution in [0.25, 0.3) is 0 Å². The molecule has 0 aromatic rings. The van der Waals surface area contributed by atoms with Gasteiger partial charge in [0.2, 0.25) is 0 Å². The maximum Gasteiger partial charge on any atom is -0.0188 e. The van der Waals surface area contributed by atoms with Crippen molar-refractivity contribution in [2.24, 2.45) is 17.8 Å². The lowest BCUT2D eigenvalue weighted by Crippen LogP contribution is -2.11. The predicted octanol–water partition coefficient (Wildman–Crippen LogP) is 7.31. The maximum absolute atomic E-state index is 2.45. The molecule has 122 valence electrons. The van der Waals surface area contributed by atoms with Crippen molar-refractivity contribution in [3.8, 4) is 0 Å². The monoisotopic (exact) mass is 290 g/mol. The van der Waals surface area contributed by atoms with Crippen molar-refractivity contribution in [3.05, 3.63) is 23.3 Å². The van der Waals surface area contributed by atoms with Crippen LogP contribution in [0.3, 0.4) is 0 Å². The quantitative estimate of drug-likeness (QED) is 0.370. The van der Waals surface area contributed by atoms with Crippen LogP contribution in [-0.2, 0) is 0 Å². The van der Waals surface area contributed by atoms with Crippen molar-refractivity contribution >= 4 is 0 Å². The highest BCUT2D eigenvalue weighted by atomic mass is 14.2. The Morgan fingerprint density at radius 1 is 1.10 bits per heavy atom. The Hall–Kier alpha value is -0.520. The van der Waals surface area contributed by atoms with Gasteiger partial charge in [-0.05, 0) is 43.1 Å². The Labute approximate surface area is 134 Å². The molecule has 3 unspecified atom stereocenters. The minimum Gasteiger partial charge on any atom is -0.0837 e. The maximum atomic E-state index is 2.45. The summed E-state index contributed by atoms with van der Waals surface area (Å²) in [6, 6.07) is 0. The molecule has 0 saturated carbocycles. The van der Waals surface area contributed by atoms with Crippen molar-refractivity contribution in [1.29, 1.82) is 0 Å². The zero-order valence-corrected chi connectivity index (χ0v) is 15.3. The highest BCUT2D eigenvalue weighted by Crippen LogP contribution is 2.32. The van der Waals surface area contributed by atoms with Gasteiger partial charge in [0.15, 0.2) is 0 Å². The van der Waals surface area contributed by atoms with Crippen LogP contribution in [0.1, 0.15) is 92.4 Å². The predicted molar refractivity (Wildman–Crippen MR) is 96.6 cm³/mol. The van der Waals surface area contributed by atoms with E-state index in [9.17, 15) is 0 Å². The zero-order chi connectivity index (χ0) is 15.7. The van der Waals surface area contributed by atoms with Gasteiger partial charge in [-0.2, -0.15) is 0 Å². The molecule has 0 amide bonds. The first kappa shape index (κ1) is 18.5. The zero-order valence-electron chi connectivity index (χ0n) is 15.3. The summed E-state index contributed by atoms with van der Waals surface area (Å²) in [6.45, 7) is 11.9. The van der Waals surface area contributed by atoms with Gasteiger partial charge in [0, 0.05) is 0 Å². The van der Waals surface area contributed by atoms with Crippen LogP contribution >= 0.6 is 0 Å². The van der Waals surface area contributed by atoms with E-state index >= 15 is 0 Å². The molecular formula is C21H38. The van der Waals surface area contributed by atoms with Crippen LogP contribution in [0, 0.1) is 17.8 Å². The lowest BCUT2D eigenvalue weighted by molar-refractivity contribution is 0.406. The number of allylic oxidation sites excluding steroid dienone is 4. The number of hydrogen-bond acceptors (Lipinski definition) is 0. The Bertz CT molecular complexity index is 334. The Balaban J connectivity index is 2.26. The molecular weight excluding hydrogens is 252 g/mol.